The second-order valence-corrected chi connectivity index (χ2v) is 6.43. The second kappa shape index (κ2) is 7.07. The molecule has 1 aromatic carbocycles. The highest BCUT2D eigenvalue weighted by Gasteiger charge is 2.20. The van der Waals surface area contributed by atoms with E-state index in [4.69, 9.17) is 0 Å². The zero-order chi connectivity index (χ0) is 19.7. The molecule has 3 heterocycles. The maximum absolute atomic E-state index is 12.8. The molecule has 1 N–H and O–H groups in total. The quantitative estimate of drug-likeness (QED) is 0.590. The molecule has 4 rings (SSSR count). The van der Waals surface area contributed by atoms with E-state index in [9.17, 15) is 9.59 Å². The SMILES string of the molecule is Cc1cc(=O)c(C(=O)NC(C)c2nnc3ccccn23)nn1-c1ccccc1. The molecule has 8 heteroatoms. The number of nitrogens with one attached hydrogen (secondary N) is 1. The highest BCUT2D eigenvalue weighted by atomic mass is 16.2. The van der Waals surface area contributed by atoms with Gasteiger partial charge in [0.15, 0.2) is 17.2 Å². The van der Waals surface area contributed by atoms with E-state index in [1.807, 2.05) is 54.7 Å². The van der Waals surface area contributed by atoms with E-state index < -0.39 is 17.4 Å². The zero-order valence-electron chi connectivity index (χ0n) is 15.4. The first-order chi connectivity index (χ1) is 13.5. The van der Waals surface area contributed by atoms with Gasteiger partial charge in [0, 0.05) is 18.0 Å². The molecule has 1 amide bonds. The van der Waals surface area contributed by atoms with Crippen LogP contribution in [0.4, 0.5) is 0 Å². The van der Waals surface area contributed by atoms with Crippen LogP contribution in [0.15, 0.2) is 65.6 Å². The summed E-state index contributed by atoms with van der Waals surface area (Å²) in [6.45, 7) is 3.55. The molecule has 8 nitrogen and oxygen atoms in total. The molecule has 0 aliphatic heterocycles. The predicted molar refractivity (Wildman–Crippen MR) is 103 cm³/mol. The first kappa shape index (κ1) is 17.6. The average molecular weight is 374 g/mol. The smallest absolute Gasteiger partial charge is 0.276 e. The maximum atomic E-state index is 12.8. The number of aromatic nitrogens is 5. The molecule has 0 aliphatic rings. The first-order valence-corrected chi connectivity index (χ1v) is 8.81. The Morgan fingerprint density at radius 3 is 2.61 bits per heavy atom. The van der Waals surface area contributed by atoms with Crippen molar-refractivity contribution in [2.75, 3.05) is 0 Å². The van der Waals surface area contributed by atoms with E-state index in [-0.39, 0.29) is 5.69 Å². The molecule has 0 radical (unpaired) electrons. The van der Waals surface area contributed by atoms with Gasteiger partial charge in [-0.2, -0.15) is 5.10 Å². The molecule has 3 aromatic heterocycles. The van der Waals surface area contributed by atoms with Crippen LogP contribution in [-0.2, 0) is 0 Å². The Bertz CT molecular complexity index is 1210. The van der Waals surface area contributed by atoms with Crippen LogP contribution in [0.5, 0.6) is 0 Å². The lowest BCUT2D eigenvalue weighted by molar-refractivity contribution is 0.0930. The summed E-state index contributed by atoms with van der Waals surface area (Å²) in [6.07, 6.45) is 1.82. The van der Waals surface area contributed by atoms with Crippen LogP contribution in [0.25, 0.3) is 11.3 Å². The van der Waals surface area contributed by atoms with Crippen LogP contribution < -0.4 is 10.7 Å². The number of amides is 1. The molecule has 1 atom stereocenters. The summed E-state index contributed by atoms with van der Waals surface area (Å²) in [4.78, 5) is 25.1. The molecule has 28 heavy (non-hydrogen) atoms. The Hall–Kier alpha value is -3.81. The van der Waals surface area contributed by atoms with Crippen molar-refractivity contribution in [3.63, 3.8) is 0 Å². The topological polar surface area (TPSA) is 94.2 Å². The normalized spacial score (nSPS) is 12.1. The van der Waals surface area contributed by atoms with Crippen LogP contribution >= 0.6 is 0 Å². The number of nitrogens with zero attached hydrogens (tertiary/aromatic N) is 5. The number of carbonyl (C=O) groups excluding carboxylic acids is 1. The van der Waals surface area contributed by atoms with E-state index >= 15 is 0 Å². The predicted octanol–water partition coefficient (Wildman–Crippen LogP) is 2.07. The van der Waals surface area contributed by atoms with Crippen molar-refractivity contribution in [3.8, 4) is 5.69 Å². The van der Waals surface area contributed by atoms with Gasteiger partial charge in [-0.05, 0) is 38.1 Å². The molecule has 0 saturated heterocycles. The third-order valence-corrected chi connectivity index (χ3v) is 4.40. The summed E-state index contributed by atoms with van der Waals surface area (Å²) in [5, 5.41) is 15.3. The third kappa shape index (κ3) is 3.16. The molecular weight excluding hydrogens is 356 g/mol. The van der Waals surface area contributed by atoms with Crippen molar-refractivity contribution in [2.24, 2.45) is 0 Å². The summed E-state index contributed by atoms with van der Waals surface area (Å²) >= 11 is 0. The summed E-state index contributed by atoms with van der Waals surface area (Å²) in [5.41, 5.74) is 1.49. The standard InChI is InChI=1S/C20H18N6O2/c1-13-12-16(27)18(24-26(13)15-8-4-3-5-9-15)20(28)21-14(2)19-23-22-17-10-6-7-11-25(17)19/h3-12,14H,1-2H3,(H,21,28). The molecule has 0 bridgehead atoms. The fourth-order valence-electron chi connectivity index (χ4n) is 3.02. The monoisotopic (exact) mass is 374 g/mol. The van der Waals surface area contributed by atoms with Crippen molar-refractivity contribution in [1.82, 2.24) is 29.7 Å². The van der Waals surface area contributed by atoms with Gasteiger partial charge >= 0.3 is 0 Å². The first-order valence-electron chi connectivity index (χ1n) is 8.81. The number of para-hydroxylation sites is 1. The Morgan fingerprint density at radius 1 is 1.07 bits per heavy atom. The lowest BCUT2D eigenvalue weighted by Gasteiger charge is -2.14. The van der Waals surface area contributed by atoms with Crippen molar-refractivity contribution in [1.29, 1.82) is 0 Å². The molecule has 0 spiro atoms. The second-order valence-electron chi connectivity index (χ2n) is 6.43. The highest BCUT2D eigenvalue weighted by Crippen LogP contribution is 2.13. The van der Waals surface area contributed by atoms with E-state index in [1.54, 1.807) is 22.9 Å². The minimum atomic E-state index is -0.560. The molecule has 1 unspecified atom stereocenters. The number of carbonyl (C=O) groups is 1. The molecule has 0 fully saturated rings. The fourth-order valence-corrected chi connectivity index (χ4v) is 3.02. The Labute approximate surface area is 160 Å². The van der Waals surface area contributed by atoms with Crippen molar-refractivity contribution >= 4 is 11.6 Å². The zero-order valence-corrected chi connectivity index (χ0v) is 15.4. The Kier molecular flexibility index (Phi) is 4.44. The van der Waals surface area contributed by atoms with E-state index in [0.29, 0.717) is 17.2 Å². The van der Waals surface area contributed by atoms with Crippen LogP contribution in [0, 0.1) is 6.92 Å². The maximum Gasteiger partial charge on any atom is 0.276 e. The van der Waals surface area contributed by atoms with Gasteiger partial charge in [0.2, 0.25) is 5.43 Å². The van der Waals surface area contributed by atoms with Crippen molar-refractivity contribution in [2.45, 2.75) is 19.9 Å². The number of aryl methyl sites for hydroxylation is 1. The van der Waals surface area contributed by atoms with E-state index in [2.05, 4.69) is 20.6 Å². The number of hydrogen-bond acceptors (Lipinski definition) is 5. The minimum Gasteiger partial charge on any atom is -0.341 e. The lowest BCUT2D eigenvalue weighted by Crippen LogP contribution is -2.34. The van der Waals surface area contributed by atoms with Crippen LogP contribution in [0.2, 0.25) is 0 Å². The molecule has 4 aromatic rings. The van der Waals surface area contributed by atoms with Gasteiger partial charge in [-0.15, -0.1) is 10.2 Å². The fraction of sp³-hybridized carbons (Fsp3) is 0.150. The third-order valence-electron chi connectivity index (χ3n) is 4.40. The van der Waals surface area contributed by atoms with Crippen molar-refractivity contribution < 1.29 is 4.79 Å². The van der Waals surface area contributed by atoms with Gasteiger partial charge in [0.25, 0.3) is 5.91 Å². The molecular formula is C20H18N6O2. The van der Waals surface area contributed by atoms with Gasteiger partial charge < -0.3 is 5.32 Å². The van der Waals surface area contributed by atoms with E-state index in [0.717, 1.165) is 5.69 Å². The van der Waals surface area contributed by atoms with Gasteiger partial charge in [0.05, 0.1) is 11.7 Å². The number of hydrogen-bond donors (Lipinski definition) is 1. The number of benzene rings is 1. The Morgan fingerprint density at radius 2 is 1.82 bits per heavy atom. The average Bonchev–Trinajstić information content (AvgIpc) is 3.13. The van der Waals surface area contributed by atoms with Gasteiger partial charge in [0.1, 0.15) is 0 Å². The highest BCUT2D eigenvalue weighted by molar-refractivity contribution is 5.92. The number of fused-ring (bicyclic) bond motifs is 1. The van der Waals surface area contributed by atoms with Crippen LogP contribution in [0.3, 0.4) is 0 Å². The van der Waals surface area contributed by atoms with Gasteiger partial charge in [-0.3, -0.25) is 14.0 Å². The Balaban J connectivity index is 1.65. The van der Waals surface area contributed by atoms with Gasteiger partial charge in [-0.1, -0.05) is 24.3 Å². The molecule has 0 saturated carbocycles. The summed E-state index contributed by atoms with van der Waals surface area (Å²) < 4.78 is 3.36. The van der Waals surface area contributed by atoms with Crippen LogP contribution in [0.1, 0.15) is 35.0 Å². The van der Waals surface area contributed by atoms with Crippen LogP contribution in [-0.4, -0.2) is 30.3 Å². The number of pyridine rings is 1. The molecule has 0 aliphatic carbocycles. The minimum absolute atomic E-state index is 0.171. The van der Waals surface area contributed by atoms with Gasteiger partial charge in [-0.25, -0.2) is 4.68 Å². The number of rotatable bonds is 4. The lowest BCUT2D eigenvalue weighted by atomic mass is 10.2. The largest absolute Gasteiger partial charge is 0.341 e. The summed E-state index contributed by atoms with van der Waals surface area (Å²) in [6, 6.07) is 15.8. The van der Waals surface area contributed by atoms with E-state index in [1.165, 1.54) is 6.07 Å². The summed E-state index contributed by atoms with van der Waals surface area (Å²) in [7, 11) is 0. The summed E-state index contributed by atoms with van der Waals surface area (Å²) in [5.74, 6) is 0.00862. The van der Waals surface area contributed by atoms with Crippen molar-refractivity contribution in [3.05, 3.63) is 88.2 Å². The molecule has 140 valence electrons.